The second-order valence-electron chi connectivity index (χ2n) is 6.38. The highest BCUT2D eigenvalue weighted by atomic mass is 32.2. The Kier molecular flexibility index (Phi) is 5.93. The molecule has 0 bridgehead atoms. The zero-order valence-electron chi connectivity index (χ0n) is 14.8. The predicted molar refractivity (Wildman–Crippen MR) is 105 cm³/mol. The average molecular weight is 408 g/mol. The summed E-state index contributed by atoms with van der Waals surface area (Å²) in [5, 5.41) is 7.22. The van der Waals surface area contributed by atoms with Gasteiger partial charge in [-0.3, -0.25) is 9.59 Å². The highest BCUT2D eigenvalue weighted by Crippen LogP contribution is 2.27. The molecule has 9 heteroatoms. The second kappa shape index (κ2) is 8.20. The first kappa shape index (κ1) is 19.5. The van der Waals surface area contributed by atoms with Crippen LogP contribution in [0.3, 0.4) is 0 Å². The van der Waals surface area contributed by atoms with Crippen LogP contribution in [-0.2, 0) is 19.6 Å². The largest absolute Gasteiger partial charge is 0.326 e. The van der Waals surface area contributed by atoms with Crippen LogP contribution in [0, 0.1) is 5.92 Å². The third-order valence-corrected chi connectivity index (χ3v) is 7.56. The van der Waals surface area contributed by atoms with Gasteiger partial charge in [-0.25, -0.2) is 8.42 Å². The van der Waals surface area contributed by atoms with Crippen LogP contribution in [0.1, 0.15) is 19.8 Å². The molecule has 0 spiro atoms. The first-order valence-electron chi connectivity index (χ1n) is 8.58. The Morgan fingerprint density at radius 2 is 1.78 bits per heavy atom. The molecule has 3 rings (SSSR count). The third kappa shape index (κ3) is 4.74. The topological polar surface area (TPSA) is 95.6 Å². The van der Waals surface area contributed by atoms with Gasteiger partial charge in [-0.15, -0.1) is 11.3 Å². The van der Waals surface area contributed by atoms with E-state index >= 15 is 0 Å². The summed E-state index contributed by atoms with van der Waals surface area (Å²) < 4.78 is 27.0. The summed E-state index contributed by atoms with van der Waals surface area (Å²) >= 11 is 1.18. The van der Waals surface area contributed by atoms with Crippen molar-refractivity contribution in [2.45, 2.75) is 24.0 Å². The van der Waals surface area contributed by atoms with Crippen molar-refractivity contribution in [3.63, 3.8) is 0 Å². The van der Waals surface area contributed by atoms with E-state index in [-0.39, 0.29) is 18.4 Å². The number of hydrogen-bond acceptors (Lipinski definition) is 5. The van der Waals surface area contributed by atoms with Crippen molar-refractivity contribution in [1.29, 1.82) is 0 Å². The molecule has 1 fully saturated rings. The molecule has 0 saturated carbocycles. The van der Waals surface area contributed by atoms with E-state index in [1.807, 2.05) is 0 Å². The van der Waals surface area contributed by atoms with Crippen molar-refractivity contribution in [3.05, 3.63) is 41.8 Å². The van der Waals surface area contributed by atoms with Gasteiger partial charge in [0.1, 0.15) is 4.21 Å². The number of benzene rings is 1. The van der Waals surface area contributed by atoms with E-state index in [0.29, 0.717) is 35.0 Å². The molecule has 27 heavy (non-hydrogen) atoms. The number of anilines is 2. The highest BCUT2D eigenvalue weighted by Gasteiger charge is 2.33. The molecule has 0 radical (unpaired) electrons. The van der Waals surface area contributed by atoms with E-state index in [9.17, 15) is 18.0 Å². The fourth-order valence-electron chi connectivity index (χ4n) is 3.00. The van der Waals surface area contributed by atoms with Crippen molar-refractivity contribution >= 4 is 44.5 Å². The molecule has 144 valence electrons. The number of rotatable bonds is 5. The molecular weight excluding hydrogens is 386 g/mol. The summed E-state index contributed by atoms with van der Waals surface area (Å²) in [5.41, 5.74) is 1.25. The quantitative estimate of drug-likeness (QED) is 0.797. The van der Waals surface area contributed by atoms with Crippen LogP contribution < -0.4 is 10.6 Å². The first-order valence-corrected chi connectivity index (χ1v) is 10.9. The summed E-state index contributed by atoms with van der Waals surface area (Å²) in [5.74, 6) is -0.766. The maximum Gasteiger partial charge on any atom is 0.252 e. The first-order chi connectivity index (χ1) is 12.9. The van der Waals surface area contributed by atoms with E-state index in [0.717, 1.165) is 0 Å². The van der Waals surface area contributed by atoms with Crippen LogP contribution in [0.5, 0.6) is 0 Å². The Balaban J connectivity index is 1.64. The molecule has 2 aromatic rings. The minimum absolute atomic E-state index is 0.166. The number of carbonyl (C=O) groups excluding carboxylic acids is 2. The fraction of sp³-hybridized carbons (Fsp3) is 0.333. The lowest BCUT2D eigenvalue weighted by atomic mass is 9.98. The lowest BCUT2D eigenvalue weighted by Gasteiger charge is -2.30. The summed E-state index contributed by atoms with van der Waals surface area (Å²) in [6, 6.07) is 10.1. The van der Waals surface area contributed by atoms with E-state index in [1.54, 1.807) is 41.8 Å². The summed E-state index contributed by atoms with van der Waals surface area (Å²) in [4.78, 5) is 23.6. The van der Waals surface area contributed by atoms with Gasteiger partial charge in [0.25, 0.3) is 10.0 Å². The molecule has 2 amide bonds. The molecule has 1 aliphatic heterocycles. The number of hydrogen-bond donors (Lipinski definition) is 2. The van der Waals surface area contributed by atoms with Crippen LogP contribution >= 0.6 is 11.3 Å². The molecular formula is C18H21N3O4S2. The van der Waals surface area contributed by atoms with Crippen molar-refractivity contribution in [3.8, 4) is 0 Å². The van der Waals surface area contributed by atoms with E-state index < -0.39 is 15.9 Å². The van der Waals surface area contributed by atoms with E-state index in [2.05, 4.69) is 10.6 Å². The van der Waals surface area contributed by atoms with Crippen LogP contribution in [0.2, 0.25) is 0 Å². The van der Waals surface area contributed by atoms with Crippen molar-refractivity contribution in [2.75, 3.05) is 23.7 Å². The fourth-order valence-corrected chi connectivity index (χ4v) is 5.67. The normalized spacial score (nSPS) is 18.0. The molecule has 2 N–H and O–H groups in total. The van der Waals surface area contributed by atoms with Gasteiger partial charge in [0.05, 0.1) is 5.92 Å². The molecule has 1 aliphatic rings. The molecule has 1 aromatic heterocycles. The Bertz CT molecular complexity index is 909. The number of carbonyl (C=O) groups is 2. The van der Waals surface area contributed by atoms with Gasteiger partial charge in [0.15, 0.2) is 0 Å². The Morgan fingerprint density at radius 1 is 1.11 bits per heavy atom. The molecule has 1 saturated heterocycles. The van der Waals surface area contributed by atoms with E-state index in [4.69, 9.17) is 0 Å². The van der Waals surface area contributed by atoms with Gasteiger partial charge in [-0.05, 0) is 48.6 Å². The Morgan fingerprint density at radius 3 is 2.37 bits per heavy atom. The Labute approximate surface area is 162 Å². The predicted octanol–water partition coefficient (Wildman–Crippen LogP) is 2.75. The minimum Gasteiger partial charge on any atom is -0.326 e. The van der Waals surface area contributed by atoms with Gasteiger partial charge >= 0.3 is 0 Å². The summed E-state index contributed by atoms with van der Waals surface area (Å²) in [7, 11) is -3.54. The van der Waals surface area contributed by atoms with E-state index in [1.165, 1.54) is 22.6 Å². The zero-order chi connectivity index (χ0) is 19.4. The van der Waals surface area contributed by atoms with Crippen LogP contribution in [0.4, 0.5) is 11.4 Å². The molecule has 7 nitrogen and oxygen atoms in total. The molecule has 1 atom stereocenters. The number of piperidine rings is 1. The smallest absolute Gasteiger partial charge is 0.252 e. The standard InChI is InChI=1S/C18H21N3O4S2/c1-13(22)19-15-6-8-16(9-7-15)20-18(23)14-4-2-10-21(12-14)27(24,25)17-5-3-11-26-17/h3,5-9,11,14H,2,4,10,12H2,1H3,(H,19,22)(H,20,23)/t14-/m0/s1. The maximum absolute atomic E-state index is 12.7. The number of sulfonamides is 1. The lowest BCUT2D eigenvalue weighted by Crippen LogP contribution is -2.43. The molecule has 0 unspecified atom stereocenters. The van der Waals surface area contributed by atoms with Crippen LogP contribution in [0.15, 0.2) is 46.0 Å². The molecule has 1 aromatic carbocycles. The van der Waals surface area contributed by atoms with Gasteiger partial charge in [-0.1, -0.05) is 6.07 Å². The van der Waals surface area contributed by atoms with Crippen molar-refractivity contribution in [1.82, 2.24) is 4.31 Å². The number of thiophene rings is 1. The maximum atomic E-state index is 12.7. The minimum atomic E-state index is -3.54. The number of amides is 2. The molecule has 0 aliphatic carbocycles. The molecule has 2 heterocycles. The van der Waals surface area contributed by atoms with Gasteiger partial charge < -0.3 is 10.6 Å². The third-order valence-electron chi connectivity index (χ3n) is 4.32. The number of nitrogens with zero attached hydrogens (tertiary/aromatic N) is 1. The van der Waals surface area contributed by atoms with Crippen LogP contribution in [-0.4, -0.2) is 37.6 Å². The zero-order valence-corrected chi connectivity index (χ0v) is 16.5. The monoisotopic (exact) mass is 407 g/mol. The summed E-state index contributed by atoms with van der Waals surface area (Å²) in [6.07, 6.45) is 1.29. The van der Waals surface area contributed by atoms with Gasteiger partial charge in [0, 0.05) is 31.4 Å². The van der Waals surface area contributed by atoms with Gasteiger partial charge in [-0.2, -0.15) is 4.31 Å². The highest BCUT2D eigenvalue weighted by molar-refractivity contribution is 7.91. The van der Waals surface area contributed by atoms with Gasteiger partial charge in [0.2, 0.25) is 11.8 Å². The van der Waals surface area contributed by atoms with Crippen LogP contribution in [0.25, 0.3) is 0 Å². The van der Waals surface area contributed by atoms with Crippen molar-refractivity contribution in [2.24, 2.45) is 5.92 Å². The Hall–Kier alpha value is -2.23. The second-order valence-corrected chi connectivity index (χ2v) is 9.49. The number of nitrogens with one attached hydrogen (secondary N) is 2. The lowest BCUT2D eigenvalue weighted by molar-refractivity contribution is -0.121. The SMILES string of the molecule is CC(=O)Nc1ccc(NC(=O)[C@H]2CCCN(S(=O)(=O)c3cccs3)C2)cc1. The van der Waals surface area contributed by atoms with Crippen molar-refractivity contribution < 1.29 is 18.0 Å². The summed E-state index contributed by atoms with van der Waals surface area (Å²) in [6.45, 7) is 2.03. The average Bonchev–Trinajstić information content (AvgIpc) is 3.18.